The predicted molar refractivity (Wildman–Crippen MR) is 116 cm³/mol. The number of carbonyl (C=O) groups is 1. The van der Waals surface area contributed by atoms with Gasteiger partial charge in [0, 0.05) is 37.8 Å². The van der Waals surface area contributed by atoms with Crippen molar-refractivity contribution in [3.63, 3.8) is 0 Å². The standard InChI is InChI=1S/C23H36FN3O3/c1-22(2,3)14-18(15-26-9-11-29-12-10-26)23(4,30-21(25)28)16-27-8-7-17-13-19(24)5-6-20(17)27/h5-6,13,18H,7-12,14-16H2,1-4H3,(H2,25,28)/t18-,23+/m0/s1. The molecule has 1 aromatic carbocycles. The maximum Gasteiger partial charge on any atom is 0.405 e. The molecule has 0 radical (unpaired) electrons. The van der Waals surface area contributed by atoms with Gasteiger partial charge in [-0.2, -0.15) is 0 Å². The highest BCUT2D eigenvalue weighted by Crippen LogP contribution is 2.38. The fraction of sp³-hybridized carbons (Fsp3) is 0.696. The van der Waals surface area contributed by atoms with Gasteiger partial charge < -0.3 is 20.1 Å². The van der Waals surface area contributed by atoms with Gasteiger partial charge in [0.05, 0.1) is 19.8 Å². The number of benzene rings is 1. The van der Waals surface area contributed by atoms with Gasteiger partial charge in [0.1, 0.15) is 11.4 Å². The third kappa shape index (κ3) is 5.85. The van der Waals surface area contributed by atoms with E-state index in [0.717, 1.165) is 63.5 Å². The lowest BCUT2D eigenvalue weighted by Crippen LogP contribution is -2.55. The van der Waals surface area contributed by atoms with E-state index in [9.17, 15) is 9.18 Å². The number of ether oxygens (including phenoxy) is 2. The van der Waals surface area contributed by atoms with Gasteiger partial charge >= 0.3 is 6.09 Å². The number of hydrogen-bond acceptors (Lipinski definition) is 5. The monoisotopic (exact) mass is 421 g/mol. The minimum atomic E-state index is -0.770. The molecule has 1 aromatic rings. The number of carbonyl (C=O) groups excluding carboxylic acids is 1. The van der Waals surface area contributed by atoms with E-state index < -0.39 is 11.7 Å². The lowest BCUT2D eigenvalue weighted by Gasteiger charge is -2.44. The summed E-state index contributed by atoms with van der Waals surface area (Å²) >= 11 is 0. The Morgan fingerprint density at radius 1 is 1.23 bits per heavy atom. The van der Waals surface area contributed by atoms with Crippen LogP contribution >= 0.6 is 0 Å². The molecule has 0 bridgehead atoms. The van der Waals surface area contributed by atoms with Gasteiger partial charge in [0.15, 0.2) is 0 Å². The topological polar surface area (TPSA) is 68.0 Å². The Balaban J connectivity index is 1.86. The first-order valence-corrected chi connectivity index (χ1v) is 10.9. The highest BCUT2D eigenvalue weighted by molar-refractivity contribution is 5.65. The number of morpholine rings is 1. The Morgan fingerprint density at radius 3 is 2.57 bits per heavy atom. The highest BCUT2D eigenvalue weighted by atomic mass is 19.1. The molecule has 0 saturated carbocycles. The fourth-order valence-corrected chi connectivity index (χ4v) is 4.76. The van der Waals surface area contributed by atoms with Crippen LogP contribution in [-0.4, -0.2) is 62.5 Å². The van der Waals surface area contributed by atoms with Crippen LogP contribution in [0, 0.1) is 17.2 Å². The normalized spacial score (nSPS) is 20.5. The summed E-state index contributed by atoms with van der Waals surface area (Å²) in [6, 6.07) is 4.91. The number of nitrogens with zero attached hydrogens (tertiary/aromatic N) is 2. The summed E-state index contributed by atoms with van der Waals surface area (Å²) in [6.07, 6.45) is 0.919. The third-order valence-corrected chi connectivity index (χ3v) is 6.18. The van der Waals surface area contributed by atoms with Gasteiger partial charge in [-0.3, -0.25) is 4.90 Å². The average Bonchev–Trinajstić information content (AvgIpc) is 3.02. The van der Waals surface area contributed by atoms with Crippen LogP contribution < -0.4 is 10.6 Å². The zero-order valence-electron chi connectivity index (χ0n) is 18.7. The van der Waals surface area contributed by atoms with Crippen LogP contribution in [0.15, 0.2) is 18.2 Å². The Hall–Kier alpha value is -1.86. The molecule has 6 nitrogen and oxygen atoms in total. The number of hydrogen-bond donors (Lipinski definition) is 1. The summed E-state index contributed by atoms with van der Waals surface area (Å²) < 4.78 is 25.0. The fourth-order valence-electron chi connectivity index (χ4n) is 4.76. The molecular formula is C23H36FN3O3. The molecule has 1 fully saturated rings. The van der Waals surface area contributed by atoms with E-state index in [1.807, 2.05) is 13.0 Å². The quantitative estimate of drug-likeness (QED) is 0.731. The third-order valence-electron chi connectivity index (χ3n) is 6.18. The van der Waals surface area contributed by atoms with Crippen molar-refractivity contribution < 1.29 is 18.7 Å². The average molecular weight is 422 g/mol. The van der Waals surface area contributed by atoms with Gasteiger partial charge in [-0.05, 0) is 48.9 Å². The summed E-state index contributed by atoms with van der Waals surface area (Å²) in [5.74, 6) is -0.128. The number of amides is 1. The molecule has 0 aliphatic carbocycles. The zero-order valence-corrected chi connectivity index (χ0v) is 18.7. The van der Waals surface area contributed by atoms with Crippen LogP contribution in [-0.2, 0) is 15.9 Å². The Morgan fingerprint density at radius 2 is 1.93 bits per heavy atom. The van der Waals surface area contributed by atoms with Crippen molar-refractivity contribution in [2.75, 3.05) is 50.8 Å². The Bertz CT molecular complexity index is 746. The van der Waals surface area contributed by atoms with Crippen molar-refractivity contribution in [1.82, 2.24) is 4.90 Å². The molecule has 1 amide bonds. The van der Waals surface area contributed by atoms with Crippen molar-refractivity contribution in [2.45, 2.75) is 46.1 Å². The van der Waals surface area contributed by atoms with Crippen LogP contribution in [0.25, 0.3) is 0 Å². The smallest absolute Gasteiger partial charge is 0.405 e. The van der Waals surface area contributed by atoms with E-state index >= 15 is 0 Å². The summed E-state index contributed by atoms with van der Waals surface area (Å²) in [5, 5.41) is 0. The van der Waals surface area contributed by atoms with Crippen molar-refractivity contribution in [2.24, 2.45) is 17.1 Å². The molecule has 2 heterocycles. The number of halogens is 1. The molecule has 0 aromatic heterocycles. The number of nitrogens with two attached hydrogens (primary N) is 1. The molecule has 2 atom stereocenters. The first-order valence-electron chi connectivity index (χ1n) is 10.9. The van der Waals surface area contributed by atoms with Crippen molar-refractivity contribution >= 4 is 11.8 Å². The lowest BCUT2D eigenvalue weighted by atomic mass is 9.76. The van der Waals surface area contributed by atoms with E-state index in [2.05, 4.69) is 30.6 Å². The molecule has 0 unspecified atom stereocenters. The van der Waals surface area contributed by atoms with E-state index in [1.54, 1.807) is 6.07 Å². The van der Waals surface area contributed by atoms with Gasteiger partial charge in [-0.15, -0.1) is 0 Å². The summed E-state index contributed by atoms with van der Waals surface area (Å²) in [5.41, 5.74) is 6.84. The highest BCUT2D eigenvalue weighted by Gasteiger charge is 2.43. The summed E-state index contributed by atoms with van der Waals surface area (Å²) in [4.78, 5) is 16.5. The van der Waals surface area contributed by atoms with Gasteiger partial charge in [0.25, 0.3) is 0 Å². The lowest BCUT2D eigenvalue weighted by molar-refractivity contribution is -0.0479. The minimum Gasteiger partial charge on any atom is -0.441 e. The summed E-state index contributed by atoms with van der Waals surface area (Å²) in [7, 11) is 0. The van der Waals surface area contributed by atoms with Crippen molar-refractivity contribution in [3.05, 3.63) is 29.6 Å². The largest absolute Gasteiger partial charge is 0.441 e. The van der Waals surface area contributed by atoms with Gasteiger partial charge in [-0.25, -0.2) is 9.18 Å². The minimum absolute atomic E-state index is 0.0608. The van der Waals surface area contributed by atoms with E-state index in [4.69, 9.17) is 15.2 Å². The van der Waals surface area contributed by atoms with Crippen LogP contribution in [0.2, 0.25) is 0 Å². The van der Waals surface area contributed by atoms with E-state index in [1.165, 1.54) is 6.07 Å². The van der Waals surface area contributed by atoms with E-state index in [0.29, 0.717) is 6.54 Å². The van der Waals surface area contributed by atoms with Crippen molar-refractivity contribution in [1.29, 1.82) is 0 Å². The van der Waals surface area contributed by atoms with Crippen LogP contribution in [0.3, 0.4) is 0 Å². The number of fused-ring (bicyclic) bond motifs is 1. The maximum absolute atomic E-state index is 13.7. The van der Waals surface area contributed by atoms with Crippen LogP contribution in [0.1, 0.15) is 39.7 Å². The van der Waals surface area contributed by atoms with Gasteiger partial charge in [0.2, 0.25) is 0 Å². The molecule has 168 valence electrons. The second-order valence-electron chi connectivity index (χ2n) is 10.1. The second-order valence-corrected chi connectivity index (χ2v) is 10.1. The van der Waals surface area contributed by atoms with Crippen molar-refractivity contribution in [3.8, 4) is 0 Å². The Kier molecular flexibility index (Phi) is 6.92. The molecule has 0 spiro atoms. The summed E-state index contributed by atoms with van der Waals surface area (Å²) in [6.45, 7) is 13.9. The van der Waals surface area contributed by atoms with Gasteiger partial charge in [-0.1, -0.05) is 20.8 Å². The molecule has 2 N–H and O–H groups in total. The molecule has 2 aliphatic rings. The maximum atomic E-state index is 13.7. The number of primary amides is 1. The first-order chi connectivity index (χ1) is 14.1. The molecule has 3 rings (SSSR count). The molecule has 2 aliphatic heterocycles. The first kappa shape index (κ1) is 22.8. The Labute approximate surface area is 179 Å². The molecule has 7 heteroatoms. The predicted octanol–water partition coefficient (Wildman–Crippen LogP) is 3.43. The SMILES string of the molecule is CC(C)(C)C[C@@H](CN1CCOCC1)[C@@](C)(CN1CCc2cc(F)ccc21)OC(N)=O. The molecule has 30 heavy (non-hydrogen) atoms. The number of anilines is 1. The second kappa shape index (κ2) is 9.10. The number of rotatable bonds is 7. The van der Waals surface area contributed by atoms with E-state index in [-0.39, 0.29) is 17.2 Å². The molecule has 1 saturated heterocycles. The van der Waals surface area contributed by atoms with Crippen LogP contribution in [0.5, 0.6) is 0 Å². The molecular weight excluding hydrogens is 385 g/mol. The zero-order chi connectivity index (χ0) is 21.9. The van der Waals surface area contributed by atoms with Crippen LogP contribution in [0.4, 0.5) is 14.9 Å².